The van der Waals surface area contributed by atoms with Crippen molar-refractivity contribution >= 4 is 12.0 Å². The summed E-state index contributed by atoms with van der Waals surface area (Å²) in [6.45, 7) is 1.91. The number of amides is 2. The van der Waals surface area contributed by atoms with Crippen LogP contribution in [0.3, 0.4) is 0 Å². The predicted octanol–water partition coefficient (Wildman–Crippen LogP) is -0.0829. The SMILES string of the molecule is COc1ccc(OC2CCN(C(=O)CN3CCOC3=O)C2)nn1. The molecule has 1 aromatic rings. The molecule has 23 heavy (non-hydrogen) atoms. The molecule has 0 aromatic carbocycles. The Bertz CT molecular complexity index is 579. The Labute approximate surface area is 133 Å². The molecule has 0 radical (unpaired) electrons. The number of nitrogens with zero attached hydrogens (tertiary/aromatic N) is 4. The largest absolute Gasteiger partial charge is 0.480 e. The van der Waals surface area contributed by atoms with Crippen molar-refractivity contribution in [1.82, 2.24) is 20.0 Å². The molecule has 0 N–H and O–H groups in total. The van der Waals surface area contributed by atoms with E-state index in [1.165, 1.54) is 12.0 Å². The lowest BCUT2D eigenvalue weighted by Crippen LogP contribution is -2.40. The van der Waals surface area contributed by atoms with Crippen LogP contribution in [0.4, 0.5) is 4.79 Å². The molecule has 3 rings (SSSR count). The van der Waals surface area contributed by atoms with Gasteiger partial charge in [0, 0.05) is 25.1 Å². The Hall–Kier alpha value is -2.58. The molecule has 2 amide bonds. The van der Waals surface area contributed by atoms with Crippen molar-refractivity contribution in [2.45, 2.75) is 12.5 Å². The van der Waals surface area contributed by atoms with Gasteiger partial charge in [0.25, 0.3) is 0 Å². The van der Waals surface area contributed by atoms with E-state index in [0.29, 0.717) is 44.4 Å². The van der Waals surface area contributed by atoms with Gasteiger partial charge in [-0.1, -0.05) is 0 Å². The van der Waals surface area contributed by atoms with Crippen LogP contribution in [0.2, 0.25) is 0 Å². The standard InChI is InChI=1S/C14H18N4O5/c1-21-11-2-3-12(16-15-11)23-10-4-5-17(8-10)13(19)9-18-6-7-22-14(18)20/h2-3,10H,4-9H2,1H3. The lowest BCUT2D eigenvalue weighted by Gasteiger charge is -2.19. The highest BCUT2D eigenvalue weighted by Gasteiger charge is 2.31. The van der Waals surface area contributed by atoms with Crippen LogP contribution in [-0.2, 0) is 9.53 Å². The highest BCUT2D eigenvalue weighted by atomic mass is 16.6. The van der Waals surface area contributed by atoms with Gasteiger partial charge in [-0.05, 0) is 0 Å². The maximum absolute atomic E-state index is 12.2. The maximum atomic E-state index is 12.2. The molecule has 2 aliphatic heterocycles. The Morgan fingerprint density at radius 3 is 2.78 bits per heavy atom. The van der Waals surface area contributed by atoms with Crippen molar-refractivity contribution in [3.63, 3.8) is 0 Å². The van der Waals surface area contributed by atoms with Crippen molar-refractivity contribution in [1.29, 1.82) is 0 Å². The third-order valence-electron chi connectivity index (χ3n) is 3.78. The first-order valence-corrected chi connectivity index (χ1v) is 7.39. The average Bonchev–Trinajstić information content (AvgIpc) is 3.18. The van der Waals surface area contributed by atoms with Gasteiger partial charge in [-0.15, -0.1) is 10.2 Å². The molecule has 2 aliphatic rings. The van der Waals surface area contributed by atoms with Gasteiger partial charge in [-0.3, -0.25) is 9.69 Å². The zero-order chi connectivity index (χ0) is 16.2. The molecule has 9 heteroatoms. The van der Waals surface area contributed by atoms with Gasteiger partial charge in [0.15, 0.2) is 0 Å². The zero-order valence-electron chi connectivity index (χ0n) is 12.8. The summed E-state index contributed by atoms with van der Waals surface area (Å²) in [6.07, 6.45) is 0.148. The summed E-state index contributed by atoms with van der Waals surface area (Å²) in [6, 6.07) is 3.34. The molecule has 124 valence electrons. The second kappa shape index (κ2) is 6.67. The summed E-state index contributed by atoms with van der Waals surface area (Å²) in [5, 5.41) is 7.74. The second-order valence-corrected chi connectivity index (χ2v) is 5.32. The first-order valence-electron chi connectivity index (χ1n) is 7.39. The van der Waals surface area contributed by atoms with E-state index in [9.17, 15) is 9.59 Å². The van der Waals surface area contributed by atoms with Crippen LogP contribution in [0.25, 0.3) is 0 Å². The fraction of sp³-hybridized carbons (Fsp3) is 0.571. The summed E-state index contributed by atoms with van der Waals surface area (Å²) in [7, 11) is 1.52. The fourth-order valence-electron chi connectivity index (χ4n) is 2.53. The second-order valence-electron chi connectivity index (χ2n) is 5.32. The number of cyclic esters (lactones) is 1. The molecular weight excluding hydrogens is 304 g/mol. The van der Waals surface area contributed by atoms with E-state index < -0.39 is 6.09 Å². The van der Waals surface area contributed by atoms with Crippen molar-refractivity contribution in [3.05, 3.63) is 12.1 Å². The number of carbonyl (C=O) groups is 2. The highest BCUT2D eigenvalue weighted by molar-refractivity contribution is 5.83. The first-order chi connectivity index (χ1) is 11.2. The van der Waals surface area contributed by atoms with Gasteiger partial charge in [0.2, 0.25) is 17.7 Å². The number of rotatable bonds is 5. The summed E-state index contributed by atoms with van der Waals surface area (Å²) in [5.74, 6) is 0.710. The number of hydrogen-bond donors (Lipinski definition) is 0. The molecule has 0 aliphatic carbocycles. The van der Waals surface area contributed by atoms with Gasteiger partial charge in [0.05, 0.1) is 20.2 Å². The summed E-state index contributed by atoms with van der Waals surface area (Å²) < 4.78 is 15.5. The molecule has 2 saturated heterocycles. The highest BCUT2D eigenvalue weighted by Crippen LogP contribution is 2.18. The molecule has 0 spiro atoms. The molecular formula is C14H18N4O5. The average molecular weight is 322 g/mol. The number of aromatic nitrogens is 2. The van der Waals surface area contributed by atoms with Crippen LogP contribution in [0.15, 0.2) is 12.1 Å². The van der Waals surface area contributed by atoms with E-state index in [1.807, 2.05) is 0 Å². The Morgan fingerprint density at radius 2 is 2.13 bits per heavy atom. The Kier molecular flexibility index (Phi) is 4.45. The van der Waals surface area contributed by atoms with E-state index in [0.717, 1.165) is 0 Å². The number of carbonyl (C=O) groups excluding carboxylic acids is 2. The zero-order valence-corrected chi connectivity index (χ0v) is 12.8. The number of methoxy groups -OCH3 is 1. The van der Waals surface area contributed by atoms with Crippen LogP contribution in [0.5, 0.6) is 11.8 Å². The lowest BCUT2D eigenvalue weighted by molar-refractivity contribution is -0.130. The molecule has 9 nitrogen and oxygen atoms in total. The molecule has 0 bridgehead atoms. The minimum Gasteiger partial charge on any atom is -0.480 e. The minimum absolute atomic E-state index is 0.0495. The van der Waals surface area contributed by atoms with Gasteiger partial charge in [-0.2, -0.15) is 0 Å². The van der Waals surface area contributed by atoms with Crippen molar-refractivity contribution < 1.29 is 23.8 Å². The van der Waals surface area contributed by atoms with E-state index in [1.54, 1.807) is 17.0 Å². The number of ether oxygens (including phenoxy) is 3. The predicted molar refractivity (Wildman–Crippen MR) is 77.1 cm³/mol. The molecule has 1 unspecified atom stereocenters. The third kappa shape index (κ3) is 3.61. The summed E-state index contributed by atoms with van der Waals surface area (Å²) in [4.78, 5) is 26.7. The van der Waals surface area contributed by atoms with E-state index in [-0.39, 0.29) is 18.6 Å². The quantitative estimate of drug-likeness (QED) is 0.748. The third-order valence-corrected chi connectivity index (χ3v) is 3.78. The fourth-order valence-corrected chi connectivity index (χ4v) is 2.53. The van der Waals surface area contributed by atoms with E-state index in [4.69, 9.17) is 14.2 Å². The van der Waals surface area contributed by atoms with Gasteiger partial charge in [-0.25, -0.2) is 4.79 Å². The lowest BCUT2D eigenvalue weighted by atomic mass is 10.3. The molecule has 1 atom stereocenters. The van der Waals surface area contributed by atoms with Crippen LogP contribution < -0.4 is 9.47 Å². The molecule has 2 fully saturated rings. The van der Waals surface area contributed by atoms with E-state index >= 15 is 0 Å². The van der Waals surface area contributed by atoms with Crippen molar-refractivity contribution in [3.8, 4) is 11.8 Å². The van der Waals surface area contributed by atoms with Crippen molar-refractivity contribution in [2.24, 2.45) is 0 Å². The minimum atomic E-state index is -0.432. The summed E-state index contributed by atoms with van der Waals surface area (Å²) in [5.41, 5.74) is 0. The van der Waals surface area contributed by atoms with Gasteiger partial charge < -0.3 is 19.1 Å². The normalized spacial score (nSPS) is 20.6. The van der Waals surface area contributed by atoms with Gasteiger partial charge >= 0.3 is 6.09 Å². The first kappa shape index (κ1) is 15.3. The maximum Gasteiger partial charge on any atom is 0.410 e. The van der Waals surface area contributed by atoms with Crippen LogP contribution >= 0.6 is 0 Å². The number of hydrogen-bond acceptors (Lipinski definition) is 7. The summed E-state index contributed by atoms with van der Waals surface area (Å²) >= 11 is 0. The van der Waals surface area contributed by atoms with Crippen LogP contribution in [0, 0.1) is 0 Å². The Balaban J connectivity index is 1.49. The Morgan fingerprint density at radius 1 is 1.35 bits per heavy atom. The molecule has 1 aromatic heterocycles. The number of likely N-dealkylation sites (tertiary alicyclic amines) is 1. The molecule has 0 saturated carbocycles. The van der Waals surface area contributed by atoms with Gasteiger partial charge in [0.1, 0.15) is 19.3 Å². The van der Waals surface area contributed by atoms with Crippen molar-refractivity contribution in [2.75, 3.05) is 39.9 Å². The molecule has 3 heterocycles. The van der Waals surface area contributed by atoms with E-state index in [2.05, 4.69) is 10.2 Å². The topological polar surface area (TPSA) is 94.1 Å². The smallest absolute Gasteiger partial charge is 0.410 e. The van der Waals surface area contributed by atoms with Crippen LogP contribution in [0.1, 0.15) is 6.42 Å². The monoisotopic (exact) mass is 322 g/mol. The van der Waals surface area contributed by atoms with Crippen LogP contribution in [-0.4, -0.2) is 78.0 Å².